The Kier molecular flexibility index (Phi) is 3.29. The molecule has 2 aliphatic heterocycles. The molecule has 3 heterocycles. The monoisotopic (exact) mass is 292 g/mol. The average molecular weight is 292 g/mol. The maximum Gasteiger partial charge on any atom is 0.276 e. The van der Waals surface area contributed by atoms with Gasteiger partial charge >= 0.3 is 0 Å². The molecular weight excluding hydrogens is 276 g/mol. The van der Waals surface area contributed by atoms with E-state index in [1.807, 2.05) is 6.92 Å². The minimum Gasteiger partial charge on any atom is -0.491 e. The fourth-order valence-electron chi connectivity index (χ4n) is 2.94. The summed E-state index contributed by atoms with van der Waals surface area (Å²) in [4.78, 5) is 37.5. The van der Waals surface area contributed by atoms with Gasteiger partial charge in [-0.3, -0.25) is 14.4 Å². The molecule has 0 aromatic carbocycles. The van der Waals surface area contributed by atoms with Crippen LogP contribution in [0.15, 0.2) is 11.0 Å². The molecule has 0 radical (unpaired) electrons. The standard InChI is InChI=1S/C14H16N2O5/c1-8-3-4-21-10-6-15-5-9(7-17)12(18)13(20-2)11(15)14(19)16(8)10/h5,7-8,10H,3-4,6H2,1-2H3/t8-,10+/m1/s1. The number of aldehydes is 1. The molecule has 0 unspecified atom stereocenters. The summed E-state index contributed by atoms with van der Waals surface area (Å²) in [6.45, 7) is 2.92. The van der Waals surface area contributed by atoms with Crippen LogP contribution < -0.4 is 10.2 Å². The number of carbonyl (C=O) groups excluding carboxylic acids is 2. The molecule has 1 aromatic rings. The lowest BCUT2D eigenvalue weighted by atomic mass is 10.1. The van der Waals surface area contributed by atoms with Gasteiger partial charge in [0.1, 0.15) is 0 Å². The molecular formula is C14H16N2O5. The molecule has 112 valence electrons. The Morgan fingerprint density at radius 3 is 2.86 bits per heavy atom. The van der Waals surface area contributed by atoms with Crippen molar-refractivity contribution in [3.63, 3.8) is 0 Å². The molecule has 1 saturated heterocycles. The largest absolute Gasteiger partial charge is 0.491 e. The first-order chi connectivity index (χ1) is 10.1. The summed E-state index contributed by atoms with van der Waals surface area (Å²) in [7, 11) is 1.32. The van der Waals surface area contributed by atoms with Crippen molar-refractivity contribution in [2.75, 3.05) is 13.7 Å². The Morgan fingerprint density at radius 1 is 1.43 bits per heavy atom. The summed E-state index contributed by atoms with van der Waals surface area (Å²) in [6, 6.07) is 0.0376. The smallest absolute Gasteiger partial charge is 0.276 e. The number of hydrogen-bond acceptors (Lipinski definition) is 5. The summed E-state index contributed by atoms with van der Waals surface area (Å²) in [5.41, 5.74) is -0.404. The van der Waals surface area contributed by atoms with E-state index in [1.54, 1.807) is 9.47 Å². The summed E-state index contributed by atoms with van der Waals surface area (Å²) < 4.78 is 12.3. The van der Waals surface area contributed by atoms with Gasteiger partial charge in [-0.05, 0) is 13.3 Å². The third-order valence-electron chi connectivity index (χ3n) is 4.02. The van der Waals surface area contributed by atoms with Gasteiger partial charge in [-0.1, -0.05) is 0 Å². The normalized spacial score (nSPS) is 24.3. The number of pyridine rings is 1. The Morgan fingerprint density at radius 2 is 2.19 bits per heavy atom. The van der Waals surface area contributed by atoms with Crippen molar-refractivity contribution in [1.29, 1.82) is 0 Å². The molecule has 2 atom stereocenters. The summed E-state index contributed by atoms with van der Waals surface area (Å²) in [5.74, 6) is -0.384. The number of nitrogens with zero attached hydrogens (tertiary/aromatic N) is 2. The van der Waals surface area contributed by atoms with Gasteiger partial charge < -0.3 is 18.9 Å². The first kappa shape index (κ1) is 13.8. The van der Waals surface area contributed by atoms with E-state index in [0.717, 1.165) is 6.42 Å². The van der Waals surface area contributed by atoms with E-state index in [1.165, 1.54) is 13.3 Å². The number of fused-ring (bicyclic) bond motifs is 2. The maximum absolute atomic E-state index is 12.7. The first-order valence-corrected chi connectivity index (χ1v) is 6.79. The van der Waals surface area contributed by atoms with E-state index in [2.05, 4.69) is 0 Å². The highest BCUT2D eigenvalue weighted by Gasteiger charge is 2.40. The average Bonchev–Trinajstić information content (AvgIpc) is 2.47. The second kappa shape index (κ2) is 5.00. The Labute approximate surface area is 121 Å². The molecule has 0 bridgehead atoms. The zero-order chi connectivity index (χ0) is 15.1. The third kappa shape index (κ3) is 1.96. The van der Waals surface area contributed by atoms with Crippen molar-refractivity contribution in [2.24, 2.45) is 0 Å². The molecule has 3 rings (SSSR count). The molecule has 0 saturated carbocycles. The van der Waals surface area contributed by atoms with Gasteiger partial charge in [-0.2, -0.15) is 0 Å². The molecule has 7 nitrogen and oxygen atoms in total. The van der Waals surface area contributed by atoms with Crippen molar-refractivity contribution in [3.05, 3.63) is 27.7 Å². The SMILES string of the molecule is COc1c2n(cc(C=O)c1=O)C[C@@H]1OCC[C@@H](C)N1C2=O. The van der Waals surface area contributed by atoms with E-state index in [0.29, 0.717) is 19.4 Å². The van der Waals surface area contributed by atoms with Gasteiger partial charge in [0.15, 0.2) is 24.0 Å². The van der Waals surface area contributed by atoms with Gasteiger partial charge in [0.2, 0.25) is 5.43 Å². The number of rotatable bonds is 2. The zero-order valence-electron chi connectivity index (χ0n) is 11.9. The molecule has 2 aliphatic rings. The van der Waals surface area contributed by atoms with Crippen LogP contribution in [0.3, 0.4) is 0 Å². The fraction of sp³-hybridized carbons (Fsp3) is 0.500. The van der Waals surface area contributed by atoms with Gasteiger partial charge in [0.25, 0.3) is 5.91 Å². The number of methoxy groups -OCH3 is 1. The van der Waals surface area contributed by atoms with Crippen LogP contribution in [0.25, 0.3) is 0 Å². The van der Waals surface area contributed by atoms with Crippen LogP contribution in [-0.2, 0) is 11.3 Å². The molecule has 0 spiro atoms. The molecule has 0 aliphatic carbocycles. The highest BCUT2D eigenvalue weighted by Crippen LogP contribution is 2.29. The topological polar surface area (TPSA) is 77.8 Å². The number of ether oxygens (including phenoxy) is 2. The Hall–Kier alpha value is -2.15. The van der Waals surface area contributed by atoms with E-state index < -0.39 is 5.43 Å². The quantitative estimate of drug-likeness (QED) is 0.731. The predicted octanol–water partition coefficient (Wildman–Crippen LogP) is 0.260. The molecule has 7 heteroatoms. The van der Waals surface area contributed by atoms with Gasteiger partial charge in [-0.15, -0.1) is 0 Å². The van der Waals surface area contributed by atoms with Crippen molar-refractivity contribution in [2.45, 2.75) is 32.2 Å². The fourth-order valence-corrected chi connectivity index (χ4v) is 2.94. The van der Waals surface area contributed by atoms with Gasteiger partial charge in [0, 0.05) is 12.2 Å². The van der Waals surface area contributed by atoms with Gasteiger partial charge in [0.05, 0.1) is 25.8 Å². The van der Waals surface area contributed by atoms with Crippen LogP contribution in [0.4, 0.5) is 0 Å². The molecule has 0 N–H and O–H groups in total. The molecule has 21 heavy (non-hydrogen) atoms. The number of amides is 1. The van der Waals surface area contributed by atoms with Crippen molar-refractivity contribution in [1.82, 2.24) is 9.47 Å². The lowest BCUT2D eigenvalue weighted by Gasteiger charge is -2.44. The maximum atomic E-state index is 12.7. The van der Waals surface area contributed by atoms with Crippen molar-refractivity contribution < 1.29 is 19.1 Å². The Bertz CT molecular complexity index is 666. The second-order valence-corrected chi connectivity index (χ2v) is 5.24. The lowest BCUT2D eigenvalue weighted by Crippen LogP contribution is -2.57. The summed E-state index contributed by atoms with van der Waals surface area (Å²) in [5, 5.41) is 0. The number of hydrogen-bond donors (Lipinski definition) is 0. The lowest BCUT2D eigenvalue weighted by molar-refractivity contribution is -0.112. The Balaban J connectivity index is 2.20. The molecule has 1 amide bonds. The minimum atomic E-state index is -0.559. The third-order valence-corrected chi connectivity index (χ3v) is 4.02. The minimum absolute atomic E-state index is 0.0271. The molecule has 1 aromatic heterocycles. The first-order valence-electron chi connectivity index (χ1n) is 6.79. The van der Waals surface area contributed by atoms with Crippen molar-refractivity contribution in [3.8, 4) is 5.75 Å². The summed E-state index contributed by atoms with van der Waals surface area (Å²) >= 11 is 0. The van der Waals surface area contributed by atoms with Crippen LogP contribution >= 0.6 is 0 Å². The van der Waals surface area contributed by atoms with Crippen LogP contribution in [0.1, 0.15) is 34.2 Å². The van der Waals surface area contributed by atoms with E-state index >= 15 is 0 Å². The van der Waals surface area contributed by atoms with E-state index in [-0.39, 0.29) is 35.2 Å². The highest BCUT2D eigenvalue weighted by atomic mass is 16.5. The number of carbonyl (C=O) groups is 2. The molecule has 1 fully saturated rings. The van der Waals surface area contributed by atoms with Crippen LogP contribution in [0.2, 0.25) is 0 Å². The van der Waals surface area contributed by atoms with Crippen LogP contribution in [0.5, 0.6) is 5.75 Å². The van der Waals surface area contributed by atoms with E-state index in [9.17, 15) is 14.4 Å². The van der Waals surface area contributed by atoms with Crippen LogP contribution in [0, 0.1) is 0 Å². The summed E-state index contributed by atoms with van der Waals surface area (Å²) in [6.07, 6.45) is 2.24. The second-order valence-electron chi connectivity index (χ2n) is 5.24. The zero-order valence-corrected chi connectivity index (χ0v) is 11.9. The predicted molar refractivity (Wildman–Crippen MR) is 72.6 cm³/mol. The van der Waals surface area contributed by atoms with E-state index in [4.69, 9.17) is 9.47 Å². The van der Waals surface area contributed by atoms with Gasteiger partial charge in [-0.25, -0.2) is 0 Å². The van der Waals surface area contributed by atoms with Crippen LogP contribution in [-0.4, -0.2) is 47.6 Å². The highest BCUT2D eigenvalue weighted by molar-refractivity contribution is 5.97. The number of aromatic nitrogens is 1. The van der Waals surface area contributed by atoms with Crippen molar-refractivity contribution >= 4 is 12.2 Å².